The van der Waals surface area contributed by atoms with Crippen molar-refractivity contribution in [2.75, 3.05) is 33.3 Å². The minimum atomic E-state index is -0.862. The smallest absolute Gasteiger partial charge is 0.308 e. The van der Waals surface area contributed by atoms with Gasteiger partial charge in [-0.05, 0) is 26.2 Å². The number of ether oxygens (including phenoxy) is 1. The average molecular weight is 312 g/mol. The fourth-order valence-electron chi connectivity index (χ4n) is 2.90. The van der Waals surface area contributed by atoms with Crippen LogP contribution in [0.5, 0.6) is 0 Å². The van der Waals surface area contributed by atoms with Gasteiger partial charge < -0.3 is 19.6 Å². The molecular formula is C15H24N2O5. The molecule has 124 valence electrons. The summed E-state index contributed by atoms with van der Waals surface area (Å²) < 4.78 is 5.39. The largest absolute Gasteiger partial charge is 0.481 e. The summed E-state index contributed by atoms with van der Waals surface area (Å²) in [5.74, 6) is -1.75. The van der Waals surface area contributed by atoms with Crippen molar-refractivity contribution in [3.05, 3.63) is 0 Å². The van der Waals surface area contributed by atoms with E-state index in [1.54, 1.807) is 11.9 Å². The standard InChI is InChI=1S/C15H24N2O5/c1-3-22-12-7-11(12)14(19)16(2)9-13(18)17-6-4-5-10(8-17)15(20)21/h10-12H,3-9H2,1-2H3,(H,20,21)/t10-,11+,12+/m0/s1. The van der Waals surface area contributed by atoms with Gasteiger partial charge in [-0.25, -0.2) is 0 Å². The summed E-state index contributed by atoms with van der Waals surface area (Å²) in [6.07, 6.45) is 2.00. The van der Waals surface area contributed by atoms with Gasteiger partial charge in [-0.3, -0.25) is 14.4 Å². The monoisotopic (exact) mass is 312 g/mol. The van der Waals surface area contributed by atoms with E-state index in [1.807, 2.05) is 6.92 Å². The first kappa shape index (κ1) is 16.7. The number of hydrogen-bond donors (Lipinski definition) is 1. The molecule has 22 heavy (non-hydrogen) atoms. The van der Waals surface area contributed by atoms with Crippen LogP contribution in [0.3, 0.4) is 0 Å². The molecule has 1 saturated heterocycles. The predicted octanol–water partition coefficient (Wildman–Crippen LogP) is 0.193. The molecule has 0 spiro atoms. The van der Waals surface area contributed by atoms with Gasteiger partial charge in [0.15, 0.2) is 0 Å². The van der Waals surface area contributed by atoms with Crippen molar-refractivity contribution in [2.24, 2.45) is 11.8 Å². The molecular weight excluding hydrogens is 288 g/mol. The second-order valence-corrected chi connectivity index (χ2v) is 6.05. The molecule has 2 rings (SSSR count). The van der Waals surface area contributed by atoms with Crippen LogP contribution < -0.4 is 0 Å². The minimum absolute atomic E-state index is 0.000513. The average Bonchev–Trinajstić information content (AvgIpc) is 3.26. The molecule has 7 heteroatoms. The van der Waals surface area contributed by atoms with E-state index in [2.05, 4.69) is 0 Å². The number of carbonyl (C=O) groups is 3. The number of carboxylic acids is 1. The Hall–Kier alpha value is -1.63. The van der Waals surface area contributed by atoms with E-state index in [-0.39, 0.29) is 36.9 Å². The van der Waals surface area contributed by atoms with Gasteiger partial charge >= 0.3 is 5.97 Å². The molecule has 0 unspecified atom stereocenters. The van der Waals surface area contributed by atoms with Gasteiger partial charge in [0.2, 0.25) is 11.8 Å². The highest BCUT2D eigenvalue weighted by Crippen LogP contribution is 2.35. The molecule has 2 amide bonds. The summed E-state index contributed by atoms with van der Waals surface area (Å²) in [6.45, 7) is 3.28. The van der Waals surface area contributed by atoms with E-state index in [0.717, 1.165) is 6.42 Å². The van der Waals surface area contributed by atoms with E-state index in [0.29, 0.717) is 26.0 Å². The van der Waals surface area contributed by atoms with E-state index in [4.69, 9.17) is 9.84 Å². The predicted molar refractivity (Wildman–Crippen MR) is 78.1 cm³/mol. The van der Waals surface area contributed by atoms with E-state index in [9.17, 15) is 14.4 Å². The summed E-state index contributed by atoms with van der Waals surface area (Å²) in [5.41, 5.74) is 0. The fraction of sp³-hybridized carbons (Fsp3) is 0.800. The molecule has 2 aliphatic rings. The van der Waals surface area contributed by atoms with E-state index < -0.39 is 11.9 Å². The van der Waals surface area contributed by atoms with Gasteiger partial charge in [0.05, 0.1) is 24.5 Å². The lowest BCUT2D eigenvalue weighted by Gasteiger charge is -2.32. The number of carboxylic acid groups (broad SMARTS) is 1. The van der Waals surface area contributed by atoms with Gasteiger partial charge in [0.25, 0.3) is 0 Å². The molecule has 0 aromatic carbocycles. The molecule has 7 nitrogen and oxygen atoms in total. The molecule has 0 radical (unpaired) electrons. The van der Waals surface area contributed by atoms with Gasteiger partial charge in [0, 0.05) is 26.7 Å². The Labute approximate surface area is 130 Å². The number of carbonyl (C=O) groups excluding carboxylic acids is 2. The Morgan fingerprint density at radius 2 is 2.09 bits per heavy atom. The summed E-state index contributed by atoms with van der Waals surface area (Å²) >= 11 is 0. The van der Waals surface area contributed by atoms with Crippen LogP contribution in [-0.2, 0) is 19.1 Å². The number of amides is 2. The zero-order valence-electron chi connectivity index (χ0n) is 13.2. The number of rotatable bonds is 6. The van der Waals surface area contributed by atoms with Gasteiger partial charge in [-0.2, -0.15) is 0 Å². The van der Waals surface area contributed by atoms with Crippen LogP contribution in [0.25, 0.3) is 0 Å². The molecule has 2 fully saturated rings. The summed E-state index contributed by atoms with van der Waals surface area (Å²) in [5, 5.41) is 9.05. The van der Waals surface area contributed by atoms with Crippen LogP contribution in [0.1, 0.15) is 26.2 Å². The second kappa shape index (κ2) is 7.09. The van der Waals surface area contributed by atoms with Crippen molar-refractivity contribution < 1.29 is 24.2 Å². The molecule has 0 bridgehead atoms. The molecule has 1 heterocycles. The molecule has 0 aromatic heterocycles. The second-order valence-electron chi connectivity index (χ2n) is 6.05. The molecule has 0 aromatic rings. The number of piperidine rings is 1. The first-order valence-electron chi connectivity index (χ1n) is 7.81. The first-order valence-corrected chi connectivity index (χ1v) is 7.81. The van der Waals surface area contributed by atoms with Crippen molar-refractivity contribution in [1.29, 1.82) is 0 Å². The Bertz CT molecular complexity index is 453. The molecule has 1 aliphatic heterocycles. The van der Waals surface area contributed by atoms with Crippen molar-refractivity contribution >= 4 is 17.8 Å². The molecule has 1 saturated carbocycles. The highest BCUT2D eigenvalue weighted by Gasteiger charge is 2.45. The summed E-state index contributed by atoms with van der Waals surface area (Å²) in [6, 6.07) is 0. The number of likely N-dealkylation sites (N-methyl/N-ethyl adjacent to an activating group) is 1. The lowest BCUT2D eigenvalue weighted by Crippen LogP contribution is -2.47. The van der Waals surface area contributed by atoms with Crippen molar-refractivity contribution in [2.45, 2.75) is 32.3 Å². The maximum atomic E-state index is 12.2. The highest BCUT2D eigenvalue weighted by molar-refractivity contribution is 5.87. The van der Waals surface area contributed by atoms with Crippen molar-refractivity contribution in [3.63, 3.8) is 0 Å². The lowest BCUT2D eigenvalue weighted by molar-refractivity contribution is -0.147. The molecule has 1 aliphatic carbocycles. The Kier molecular flexibility index (Phi) is 5.39. The normalized spacial score (nSPS) is 27.4. The number of likely N-dealkylation sites (tertiary alicyclic amines) is 1. The quantitative estimate of drug-likeness (QED) is 0.757. The van der Waals surface area contributed by atoms with Crippen molar-refractivity contribution in [3.8, 4) is 0 Å². The fourth-order valence-corrected chi connectivity index (χ4v) is 2.90. The highest BCUT2D eigenvalue weighted by atomic mass is 16.5. The minimum Gasteiger partial charge on any atom is -0.481 e. The first-order chi connectivity index (χ1) is 10.4. The Morgan fingerprint density at radius 1 is 1.36 bits per heavy atom. The van der Waals surface area contributed by atoms with E-state index in [1.165, 1.54) is 4.90 Å². The maximum Gasteiger partial charge on any atom is 0.308 e. The topological polar surface area (TPSA) is 87.2 Å². The SMILES string of the molecule is CCO[C@@H]1C[C@H]1C(=O)N(C)CC(=O)N1CCC[C@H](C(=O)O)C1. The van der Waals surface area contributed by atoms with Crippen LogP contribution in [0, 0.1) is 11.8 Å². The van der Waals surface area contributed by atoms with Crippen LogP contribution in [0.15, 0.2) is 0 Å². The Morgan fingerprint density at radius 3 is 2.73 bits per heavy atom. The van der Waals surface area contributed by atoms with Gasteiger partial charge in [-0.1, -0.05) is 0 Å². The number of hydrogen-bond acceptors (Lipinski definition) is 4. The van der Waals surface area contributed by atoms with Crippen LogP contribution in [0.2, 0.25) is 0 Å². The maximum absolute atomic E-state index is 12.2. The van der Waals surface area contributed by atoms with Crippen LogP contribution in [0.4, 0.5) is 0 Å². The third-order valence-corrected chi connectivity index (χ3v) is 4.30. The zero-order valence-corrected chi connectivity index (χ0v) is 13.2. The lowest BCUT2D eigenvalue weighted by atomic mass is 9.98. The van der Waals surface area contributed by atoms with Gasteiger partial charge in [0.1, 0.15) is 0 Å². The summed E-state index contributed by atoms with van der Waals surface area (Å²) in [4.78, 5) is 38.4. The Balaban J connectivity index is 1.81. The zero-order chi connectivity index (χ0) is 16.3. The third kappa shape index (κ3) is 3.97. The van der Waals surface area contributed by atoms with Crippen LogP contribution in [-0.4, -0.2) is 72.1 Å². The summed E-state index contributed by atoms with van der Waals surface area (Å²) in [7, 11) is 1.61. The number of nitrogens with zero attached hydrogens (tertiary/aromatic N) is 2. The molecule has 1 N–H and O–H groups in total. The van der Waals surface area contributed by atoms with Gasteiger partial charge in [-0.15, -0.1) is 0 Å². The van der Waals surface area contributed by atoms with Crippen molar-refractivity contribution in [1.82, 2.24) is 9.80 Å². The third-order valence-electron chi connectivity index (χ3n) is 4.30. The van der Waals surface area contributed by atoms with Crippen LogP contribution >= 0.6 is 0 Å². The van der Waals surface area contributed by atoms with E-state index >= 15 is 0 Å². The molecule has 3 atom stereocenters. The number of aliphatic carboxylic acids is 1.